The fourth-order valence-corrected chi connectivity index (χ4v) is 7.13. The molecule has 9 nitrogen and oxygen atoms in total. The molecule has 242 valence electrons. The molecule has 1 aliphatic carbocycles. The SMILES string of the molecule is [2H]C([2H])(F)Oc1c(F)c(F)cc2cncc(-c3ncc4c(N5CCOC[C@H]6[C@H](F)[C@H]65)nc(OC([2H])([2H])[C@@]56CCCN5C[C@H](F)C6)nc4c3F)c12. The van der Waals surface area contributed by atoms with Crippen molar-refractivity contribution in [1.82, 2.24) is 24.8 Å². The number of halogens is 6. The van der Waals surface area contributed by atoms with Crippen molar-refractivity contribution < 1.29 is 46.0 Å². The van der Waals surface area contributed by atoms with Gasteiger partial charge in [-0.3, -0.25) is 14.9 Å². The number of anilines is 1. The number of benzene rings is 1. The van der Waals surface area contributed by atoms with Crippen molar-refractivity contribution >= 4 is 27.5 Å². The number of hydrogen-bond donors (Lipinski definition) is 0. The van der Waals surface area contributed by atoms with Crippen LogP contribution in [-0.4, -0.2) is 95.0 Å². The van der Waals surface area contributed by atoms with Crippen molar-refractivity contribution in [3.63, 3.8) is 0 Å². The van der Waals surface area contributed by atoms with Crippen molar-refractivity contribution in [1.29, 1.82) is 0 Å². The maximum atomic E-state index is 16.9. The van der Waals surface area contributed by atoms with E-state index in [0.717, 1.165) is 18.6 Å². The average molecular weight is 651 g/mol. The molecule has 3 aliphatic heterocycles. The first-order valence-corrected chi connectivity index (χ1v) is 14.8. The first-order chi connectivity index (χ1) is 23.7. The summed E-state index contributed by atoms with van der Waals surface area (Å²) in [5, 5.41) is -0.698. The summed E-state index contributed by atoms with van der Waals surface area (Å²) in [6, 6.07) is -0.648. The number of rotatable bonds is 7. The molecule has 5 atom stereocenters. The molecular formula is C31H28F6N6O3. The third-order valence-electron chi connectivity index (χ3n) is 9.32. The Balaban J connectivity index is 1.32. The Bertz CT molecular complexity index is 2030. The smallest absolute Gasteiger partial charge is 0.319 e. The highest BCUT2D eigenvalue weighted by Crippen LogP contribution is 2.46. The van der Waals surface area contributed by atoms with Crippen LogP contribution in [0.3, 0.4) is 0 Å². The summed E-state index contributed by atoms with van der Waals surface area (Å²) < 4.78 is 138. The summed E-state index contributed by atoms with van der Waals surface area (Å²) in [6.07, 6.45) is 1.33. The van der Waals surface area contributed by atoms with Crippen LogP contribution in [-0.2, 0) is 4.74 Å². The van der Waals surface area contributed by atoms with E-state index in [4.69, 9.17) is 15.0 Å². The molecule has 3 saturated heterocycles. The predicted molar refractivity (Wildman–Crippen MR) is 153 cm³/mol. The first kappa shape index (κ1) is 25.2. The lowest BCUT2D eigenvalue weighted by atomic mass is 9.95. The zero-order valence-corrected chi connectivity index (χ0v) is 24.0. The van der Waals surface area contributed by atoms with Crippen molar-refractivity contribution in [2.45, 2.75) is 43.2 Å². The van der Waals surface area contributed by atoms with Gasteiger partial charge in [0.2, 0.25) is 12.6 Å². The van der Waals surface area contributed by atoms with E-state index in [1.165, 1.54) is 0 Å². The summed E-state index contributed by atoms with van der Waals surface area (Å²) in [6.45, 7) is -5.63. The third kappa shape index (κ3) is 4.61. The molecule has 4 aromatic rings. The minimum Gasteiger partial charge on any atom is -0.461 e. The van der Waals surface area contributed by atoms with Gasteiger partial charge < -0.3 is 19.1 Å². The zero-order chi connectivity index (χ0) is 35.3. The highest BCUT2D eigenvalue weighted by molar-refractivity contribution is 6.01. The van der Waals surface area contributed by atoms with Gasteiger partial charge in [0.15, 0.2) is 17.4 Å². The molecule has 0 unspecified atom stereocenters. The minimum atomic E-state index is -3.97. The molecule has 4 aliphatic rings. The number of pyridine rings is 2. The molecule has 4 fully saturated rings. The monoisotopic (exact) mass is 650 g/mol. The molecule has 3 aromatic heterocycles. The lowest BCUT2D eigenvalue weighted by molar-refractivity contribution is 0.107. The van der Waals surface area contributed by atoms with Crippen LogP contribution < -0.4 is 14.4 Å². The number of fused-ring (bicyclic) bond motifs is 4. The Hall–Kier alpha value is -3.98. The molecule has 46 heavy (non-hydrogen) atoms. The second kappa shape index (κ2) is 11.1. The maximum Gasteiger partial charge on any atom is 0.319 e. The van der Waals surface area contributed by atoms with E-state index in [1.807, 2.05) is 0 Å². The van der Waals surface area contributed by atoms with E-state index in [1.54, 1.807) is 9.80 Å². The van der Waals surface area contributed by atoms with Crippen LogP contribution in [0.15, 0.2) is 24.7 Å². The predicted octanol–water partition coefficient (Wildman–Crippen LogP) is 5.09. The molecule has 8 rings (SSSR count). The second-order valence-electron chi connectivity index (χ2n) is 11.9. The van der Waals surface area contributed by atoms with Crippen LogP contribution in [0.4, 0.5) is 32.2 Å². The van der Waals surface area contributed by atoms with Crippen LogP contribution in [0.25, 0.3) is 32.9 Å². The molecule has 0 radical (unpaired) electrons. The van der Waals surface area contributed by atoms with E-state index in [0.29, 0.717) is 19.0 Å². The Morgan fingerprint density at radius 3 is 2.80 bits per heavy atom. The summed E-state index contributed by atoms with van der Waals surface area (Å²) in [5.41, 5.74) is -2.76. The van der Waals surface area contributed by atoms with Crippen molar-refractivity contribution in [3.05, 3.63) is 42.1 Å². The molecule has 15 heteroatoms. The summed E-state index contributed by atoms with van der Waals surface area (Å²) in [4.78, 5) is 20.0. The van der Waals surface area contributed by atoms with Gasteiger partial charge in [-0.15, -0.1) is 0 Å². The molecule has 0 amide bonds. The van der Waals surface area contributed by atoms with Crippen molar-refractivity contribution in [2.75, 3.05) is 51.1 Å². The number of aromatic nitrogens is 4. The molecule has 6 heterocycles. The number of nitrogens with zero attached hydrogens (tertiary/aromatic N) is 6. The van der Waals surface area contributed by atoms with Crippen molar-refractivity contribution in [3.8, 4) is 23.0 Å². The highest BCUT2D eigenvalue weighted by atomic mass is 19.2. The molecule has 1 saturated carbocycles. The van der Waals surface area contributed by atoms with Gasteiger partial charge in [-0.2, -0.15) is 14.4 Å². The van der Waals surface area contributed by atoms with Crippen LogP contribution in [0.1, 0.15) is 24.7 Å². The van der Waals surface area contributed by atoms with Crippen LogP contribution >= 0.6 is 0 Å². The second-order valence-corrected chi connectivity index (χ2v) is 11.9. The first-order valence-electron chi connectivity index (χ1n) is 16.8. The number of hydrogen-bond acceptors (Lipinski definition) is 9. The largest absolute Gasteiger partial charge is 0.461 e. The normalized spacial score (nSPS) is 29.5. The topological polar surface area (TPSA) is 85.7 Å². The Labute approximate surface area is 264 Å². The van der Waals surface area contributed by atoms with Gasteiger partial charge in [0.05, 0.1) is 32.9 Å². The molecule has 0 bridgehead atoms. The van der Waals surface area contributed by atoms with E-state index >= 15 is 8.78 Å². The lowest BCUT2D eigenvalue weighted by Crippen LogP contribution is -2.43. The van der Waals surface area contributed by atoms with Gasteiger partial charge in [-0.1, -0.05) is 0 Å². The maximum absolute atomic E-state index is 16.9. The minimum absolute atomic E-state index is 0.0182. The Morgan fingerprint density at radius 2 is 1.96 bits per heavy atom. The lowest BCUT2D eigenvalue weighted by Gasteiger charge is -2.31. The highest BCUT2D eigenvalue weighted by Gasteiger charge is 2.56. The summed E-state index contributed by atoms with van der Waals surface area (Å²) in [7, 11) is 0. The third-order valence-corrected chi connectivity index (χ3v) is 9.32. The fourth-order valence-electron chi connectivity index (χ4n) is 7.13. The van der Waals surface area contributed by atoms with Crippen LogP contribution in [0, 0.1) is 23.4 Å². The Kier molecular flexibility index (Phi) is 6.06. The number of ether oxygens (including phenoxy) is 3. The van der Waals surface area contributed by atoms with E-state index in [2.05, 4.69) is 24.7 Å². The van der Waals surface area contributed by atoms with E-state index in [9.17, 15) is 17.6 Å². The fraction of sp³-hybridized carbons (Fsp3) is 0.484. The Morgan fingerprint density at radius 1 is 1.09 bits per heavy atom. The molecule has 0 N–H and O–H groups in total. The van der Waals surface area contributed by atoms with Gasteiger partial charge in [0.25, 0.3) is 0 Å². The molecule has 1 aromatic carbocycles. The molecular weight excluding hydrogens is 618 g/mol. The van der Waals surface area contributed by atoms with Gasteiger partial charge in [0.1, 0.15) is 38.7 Å². The average Bonchev–Trinajstić information content (AvgIpc) is 3.40. The van der Waals surface area contributed by atoms with Gasteiger partial charge in [0, 0.05) is 60.4 Å². The zero-order valence-electron chi connectivity index (χ0n) is 28.0. The molecule has 0 spiro atoms. The van der Waals surface area contributed by atoms with Gasteiger partial charge in [-0.05, 0) is 25.5 Å². The van der Waals surface area contributed by atoms with E-state index in [-0.39, 0.29) is 61.3 Å². The summed E-state index contributed by atoms with van der Waals surface area (Å²) >= 11 is 0. The van der Waals surface area contributed by atoms with Crippen molar-refractivity contribution in [2.24, 2.45) is 5.92 Å². The standard InChI is InChI=1S/C31H28F6N6O3/c32-14-46-28-21-15(6-20(34)23(28)36)8-38-9-17(21)25-24(37)26-18(10-39-25)29(43-4-5-44-12-19-22(35)27(19)43)41-30(40-26)45-13-31-2-1-3-42(31)11-16(33)7-31/h6,8-10,16,19,22,27H,1-5,7,11-14H2/t16-,19+,22+,27+,31+/m1/s1/i13D2,14D2. The summed E-state index contributed by atoms with van der Waals surface area (Å²) in [5.74, 6) is -6.20. The van der Waals surface area contributed by atoms with E-state index < -0.39 is 89.0 Å². The van der Waals surface area contributed by atoms with Gasteiger partial charge in [-0.25, -0.2) is 22.0 Å². The van der Waals surface area contributed by atoms with Crippen LogP contribution in [0.2, 0.25) is 0 Å². The quantitative estimate of drug-likeness (QED) is 0.254. The van der Waals surface area contributed by atoms with Gasteiger partial charge >= 0.3 is 6.01 Å². The number of alkyl halides is 3. The van der Waals surface area contributed by atoms with Crippen LogP contribution in [0.5, 0.6) is 11.8 Å².